The molecule has 1 aliphatic rings. The zero-order valence-electron chi connectivity index (χ0n) is 12.3. The lowest BCUT2D eigenvalue weighted by atomic mass is 10.0. The highest BCUT2D eigenvalue weighted by Crippen LogP contribution is 2.35. The minimum Gasteiger partial charge on any atom is -0.350 e. The Labute approximate surface area is 127 Å². The summed E-state index contributed by atoms with van der Waals surface area (Å²) in [5.41, 5.74) is 3.42. The van der Waals surface area contributed by atoms with Gasteiger partial charge in [0, 0.05) is 18.6 Å². The number of aryl methyl sites for hydroxylation is 2. The Morgan fingerprint density at radius 2 is 1.68 bits per heavy atom. The van der Waals surface area contributed by atoms with E-state index in [0.717, 1.165) is 16.5 Å². The number of benzene rings is 2. The standard InChI is InChI=1S/C18H14N2O2/c1-11-10-14-15(16-13(11)8-9-19(16)2)18(22)20(17(14)21)12-6-4-3-5-7-12/h3-10H,1-2H3. The minimum absolute atomic E-state index is 0.252. The Bertz CT molecular complexity index is 939. The smallest absolute Gasteiger partial charge is 0.268 e. The normalized spacial score (nSPS) is 14.0. The molecule has 2 heterocycles. The number of fused-ring (bicyclic) bond motifs is 3. The Balaban J connectivity index is 2.02. The van der Waals surface area contributed by atoms with Crippen molar-refractivity contribution in [3.05, 3.63) is 65.4 Å². The van der Waals surface area contributed by atoms with E-state index in [1.54, 1.807) is 12.1 Å². The second kappa shape index (κ2) is 4.31. The molecule has 1 aromatic heterocycles. The van der Waals surface area contributed by atoms with Crippen molar-refractivity contribution in [3.63, 3.8) is 0 Å². The van der Waals surface area contributed by atoms with E-state index < -0.39 is 0 Å². The Kier molecular flexibility index (Phi) is 2.51. The van der Waals surface area contributed by atoms with E-state index in [1.165, 1.54) is 4.90 Å². The summed E-state index contributed by atoms with van der Waals surface area (Å²) in [4.78, 5) is 26.9. The molecule has 1 aliphatic heterocycles. The maximum atomic E-state index is 12.9. The molecule has 3 aromatic rings. The third-order valence-electron chi connectivity index (χ3n) is 4.23. The first-order valence-corrected chi connectivity index (χ1v) is 7.12. The average molecular weight is 290 g/mol. The second-order valence-corrected chi connectivity index (χ2v) is 5.59. The van der Waals surface area contributed by atoms with Crippen molar-refractivity contribution in [2.75, 3.05) is 4.90 Å². The van der Waals surface area contributed by atoms with E-state index in [9.17, 15) is 9.59 Å². The molecular formula is C18H14N2O2. The van der Waals surface area contributed by atoms with Gasteiger partial charge in [0.1, 0.15) is 0 Å². The summed E-state index contributed by atoms with van der Waals surface area (Å²) in [6.45, 7) is 1.96. The highest BCUT2D eigenvalue weighted by molar-refractivity contribution is 6.37. The van der Waals surface area contributed by atoms with Crippen LogP contribution in [-0.2, 0) is 7.05 Å². The number of hydrogen-bond donors (Lipinski definition) is 0. The lowest BCUT2D eigenvalue weighted by Gasteiger charge is -2.13. The van der Waals surface area contributed by atoms with Crippen molar-refractivity contribution in [2.45, 2.75) is 6.92 Å². The number of amides is 2. The van der Waals surface area contributed by atoms with Crippen LogP contribution in [0.5, 0.6) is 0 Å². The summed E-state index contributed by atoms with van der Waals surface area (Å²) < 4.78 is 1.90. The van der Waals surface area contributed by atoms with Gasteiger partial charge in [0.2, 0.25) is 0 Å². The fourth-order valence-corrected chi connectivity index (χ4v) is 3.17. The number of carbonyl (C=O) groups excluding carboxylic acids is 2. The topological polar surface area (TPSA) is 42.3 Å². The third-order valence-corrected chi connectivity index (χ3v) is 4.23. The number of nitrogens with zero attached hydrogens (tertiary/aromatic N) is 2. The highest BCUT2D eigenvalue weighted by atomic mass is 16.2. The van der Waals surface area contributed by atoms with Crippen LogP contribution < -0.4 is 4.90 Å². The molecule has 0 aliphatic carbocycles. The third kappa shape index (κ3) is 1.52. The van der Waals surface area contributed by atoms with Crippen molar-refractivity contribution in [1.29, 1.82) is 0 Å². The first-order chi connectivity index (χ1) is 10.6. The van der Waals surface area contributed by atoms with Crippen molar-refractivity contribution in [1.82, 2.24) is 4.57 Å². The molecule has 0 fully saturated rings. The van der Waals surface area contributed by atoms with Crippen LogP contribution in [0.3, 0.4) is 0 Å². The monoisotopic (exact) mass is 290 g/mol. The molecular weight excluding hydrogens is 276 g/mol. The molecule has 4 heteroatoms. The number of aromatic nitrogens is 1. The predicted octanol–water partition coefficient (Wildman–Crippen LogP) is 3.29. The van der Waals surface area contributed by atoms with Crippen molar-refractivity contribution in [3.8, 4) is 0 Å². The van der Waals surface area contributed by atoms with Gasteiger partial charge in [-0.15, -0.1) is 0 Å². The average Bonchev–Trinajstić information content (AvgIpc) is 3.01. The summed E-state index contributed by atoms with van der Waals surface area (Å²) >= 11 is 0. The molecule has 4 nitrogen and oxygen atoms in total. The first-order valence-electron chi connectivity index (χ1n) is 7.12. The van der Waals surface area contributed by atoms with Gasteiger partial charge in [-0.2, -0.15) is 0 Å². The van der Waals surface area contributed by atoms with Crippen molar-refractivity contribution >= 4 is 28.4 Å². The van der Waals surface area contributed by atoms with Gasteiger partial charge >= 0.3 is 0 Å². The fraction of sp³-hybridized carbons (Fsp3) is 0.111. The maximum absolute atomic E-state index is 12.9. The fourth-order valence-electron chi connectivity index (χ4n) is 3.17. The van der Waals surface area contributed by atoms with E-state index in [0.29, 0.717) is 16.8 Å². The highest BCUT2D eigenvalue weighted by Gasteiger charge is 2.39. The largest absolute Gasteiger partial charge is 0.350 e. The molecule has 0 N–H and O–H groups in total. The number of para-hydroxylation sites is 1. The van der Waals surface area contributed by atoms with Gasteiger partial charge in [-0.25, -0.2) is 4.90 Å². The van der Waals surface area contributed by atoms with E-state index in [-0.39, 0.29) is 11.8 Å². The number of hydrogen-bond acceptors (Lipinski definition) is 2. The lowest BCUT2D eigenvalue weighted by Crippen LogP contribution is -2.29. The second-order valence-electron chi connectivity index (χ2n) is 5.59. The van der Waals surface area contributed by atoms with Crippen LogP contribution >= 0.6 is 0 Å². The summed E-state index contributed by atoms with van der Waals surface area (Å²) in [5.74, 6) is -0.504. The molecule has 0 saturated carbocycles. The van der Waals surface area contributed by atoms with Crippen LogP contribution in [0.2, 0.25) is 0 Å². The Morgan fingerprint density at radius 3 is 2.41 bits per heavy atom. The maximum Gasteiger partial charge on any atom is 0.268 e. The SMILES string of the molecule is Cc1cc2c(c3c1ccn3C)C(=O)N(c1ccccc1)C2=O. The van der Waals surface area contributed by atoms with Gasteiger partial charge < -0.3 is 4.57 Å². The van der Waals surface area contributed by atoms with Crippen LogP contribution in [0.15, 0.2) is 48.7 Å². The van der Waals surface area contributed by atoms with Gasteiger partial charge in [-0.1, -0.05) is 18.2 Å². The van der Waals surface area contributed by atoms with Gasteiger partial charge in [0.25, 0.3) is 11.8 Å². The van der Waals surface area contributed by atoms with Gasteiger partial charge in [-0.3, -0.25) is 9.59 Å². The van der Waals surface area contributed by atoms with Gasteiger partial charge in [0.15, 0.2) is 0 Å². The van der Waals surface area contributed by atoms with E-state index in [4.69, 9.17) is 0 Å². The molecule has 2 aromatic carbocycles. The summed E-state index contributed by atoms with van der Waals surface area (Å²) in [6.07, 6.45) is 1.92. The summed E-state index contributed by atoms with van der Waals surface area (Å²) in [7, 11) is 1.89. The number of imide groups is 1. The van der Waals surface area contributed by atoms with Crippen molar-refractivity contribution in [2.24, 2.45) is 7.05 Å². The number of rotatable bonds is 1. The number of anilines is 1. The molecule has 0 unspecified atom stereocenters. The molecule has 22 heavy (non-hydrogen) atoms. The molecule has 4 rings (SSSR count). The predicted molar refractivity (Wildman–Crippen MR) is 85.2 cm³/mol. The molecule has 0 saturated heterocycles. The van der Waals surface area contributed by atoms with E-state index >= 15 is 0 Å². The molecule has 2 amide bonds. The molecule has 0 atom stereocenters. The lowest BCUT2D eigenvalue weighted by molar-refractivity contribution is 0.0926. The summed E-state index contributed by atoms with van der Waals surface area (Å²) in [5, 5.41) is 1.01. The van der Waals surface area contributed by atoms with Crippen LogP contribution in [0, 0.1) is 6.92 Å². The zero-order chi connectivity index (χ0) is 15.4. The van der Waals surface area contributed by atoms with Crippen LogP contribution in [0.25, 0.3) is 10.9 Å². The molecule has 0 spiro atoms. The Hall–Kier alpha value is -2.88. The molecule has 108 valence electrons. The van der Waals surface area contributed by atoms with Gasteiger partial charge in [-0.05, 0) is 36.8 Å². The van der Waals surface area contributed by atoms with Crippen molar-refractivity contribution < 1.29 is 9.59 Å². The van der Waals surface area contributed by atoms with Gasteiger partial charge in [0.05, 0.1) is 22.3 Å². The van der Waals surface area contributed by atoms with E-state index in [1.807, 2.05) is 55.1 Å². The zero-order valence-corrected chi connectivity index (χ0v) is 12.3. The van der Waals surface area contributed by atoms with Crippen LogP contribution in [0.1, 0.15) is 26.3 Å². The molecule has 0 bridgehead atoms. The molecule has 0 radical (unpaired) electrons. The minimum atomic E-state index is -0.252. The Morgan fingerprint density at radius 1 is 0.955 bits per heavy atom. The summed E-state index contributed by atoms with van der Waals surface area (Å²) in [6, 6.07) is 12.9. The van der Waals surface area contributed by atoms with E-state index in [2.05, 4.69) is 0 Å². The number of carbonyl (C=O) groups is 2. The van der Waals surface area contributed by atoms with Crippen LogP contribution in [0.4, 0.5) is 5.69 Å². The first kappa shape index (κ1) is 12.8. The van der Waals surface area contributed by atoms with Crippen LogP contribution in [-0.4, -0.2) is 16.4 Å². The quantitative estimate of drug-likeness (QED) is 0.645.